The highest BCUT2D eigenvalue weighted by Crippen LogP contribution is 2.16. The van der Waals surface area contributed by atoms with Crippen molar-refractivity contribution in [1.29, 1.82) is 0 Å². The third kappa shape index (κ3) is 5.60. The van der Waals surface area contributed by atoms with Crippen LogP contribution in [0.2, 0.25) is 0 Å². The fourth-order valence-corrected chi connectivity index (χ4v) is 2.48. The molecule has 1 aromatic carbocycles. The molecular weight excluding hydrogens is 260 g/mol. The lowest BCUT2D eigenvalue weighted by Crippen LogP contribution is -1.88. The third-order valence-electron chi connectivity index (χ3n) is 3.17. The van der Waals surface area contributed by atoms with Crippen LogP contribution in [-0.4, -0.2) is 11.5 Å². The van der Waals surface area contributed by atoms with Gasteiger partial charge in [-0.3, -0.25) is 0 Å². The molecule has 0 bridgehead atoms. The molecule has 1 aromatic rings. The van der Waals surface area contributed by atoms with Crippen molar-refractivity contribution in [2.75, 3.05) is 11.5 Å². The molecule has 20 heavy (non-hydrogen) atoms. The van der Waals surface area contributed by atoms with Crippen molar-refractivity contribution in [2.24, 2.45) is 0 Å². The van der Waals surface area contributed by atoms with E-state index >= 15 is 0 Å². The van der Waals surface area contributed by atoms with Gasteiger partial charge in [-0.25, -0.2) is 0 Å². The zero-order valence-electron chi connectivity index (χ0n) is 12.0. The molecule has 0 radical (unpaired) electrons. The number of thioether (sulfide) groups is 1. The summed E-state index contributed by atoms with van der Waals surface area (Å²) in [6, 6.07) is 8.34. The lowest BCUT2D eigenvalue weighted by molar-refractivity contribution is 0.715. The van der Waals surface area contributed by atoms with Crippen LogP contribution in [0.25, 0.3) is 0 Å². The summed E-state index contributed by atoms with van der Waals surface area (Å²) in [5, 5.41) is 0. The molecule has 0 saturated carbocycles. The van der Waals surface area contributed by atoms with E-state index in [9.17, 15) is 0 Å². The molecular formula is C19H20S. The standard InChI is InChI=1S/C19H20S/c1-17-11-13-19(14-12-17)10-6-16-20-15-5-9-18-7-3-2-4-8-18/h7,11-14H,2-4,8,15-16H2,1H3. The Bertz CT molecular complexity index is 570. The Morgan fingerprint density at radius 2 is 1.75 bits per heavy atom. The molecule has 0 unspecified atom stereocenters. The lowest BCUT2D eigenvalue weighted by Gasteiger charge is -2.05. The van der Waals surface area contributed by atoms with Crippen LogP contribution in [0.3, 0.4) is 0 Å². The molecule has 0 saturated heterocycles. The van der Waals surface area contributed by atoms with Crippen molar-refractivity contribution in [3.8, 4) is 23.7 Å². The Hall–Kier alpha value is -1.57. The van der Waals surface area contributed by atoms with Crippen LogP contribution in [-0.2, 0) is 0 Å². The summed E-state index contributed by atoms with van der Waals surface area (Å²) in [7, 11) is 0. The smallest absolute Gasteiger partial charge is 0.0560 e. The minimum atomic E-state index is 0.849. The van der Waals surface area contributed by atoms with Crippen LogP contribution in [0.15, 0.2) is 35.9 Å². The van der Waals surface area contributed by atoms with Gasteiger partial charge in [0.15, 0.2) is 0 Å². The molecule has 0 N–H and O–H groups in total. The van der Waals surface area contributed by atoms with E-state index in [0.29, 0.717) is 0 Å². The molecule has 0 spiro atoms. The molecule has 0 fully saturated rings. The summed E-state index contributed by atoms with van der Waals surface area (Å²) in [5.74, 6) is 14.6. The molecule has 0 atom stereocenters. The van der Waals surface area contributed by atoms with E-state index in [-0.39, 0.29) is 0 Å². The zero-order valence-corrected chi connectivity index (χ0v) is 12.9. The van der Waals surface area contributed by atoms with Gasteiger partial charge in [-0.1, -0.05) is 47.5 Å². The van der Waals surface area contributed by atoms with E-state index in [4.69, 9.17) is 0 Å². The van der Waals surface area contributed by atoms with Crippen molar-refractivity contribution >= 4 is 11.8 Å². The highest BCUT2D eigenvalue weighted by atomic mass is 32.2. The summed E-state index contributed by atoms with van der Waals surface area (Å²) < 4.78 is 0. The Morgan fingerprint density at radius 1 is 1.00 bits per heavy atom. The van der Waals surface area contributed by atoms with Gasteiger partial charge in [0.1, 0.15) is 0 Å². The van der Waals surface area contributed by atoms with Gasteiger partial charge in [0.05, 0.1) is 11.5 Å². The average molecular weight is 280 g/mol. The predicted molar refractivity (Wildman–Crippen MR) is 89.7 cm³/mol. The first kappa shape index (κ1) is 14.8. The second kappa shape index (κ2) is 8.57. The zero-order chi connectivity index (χ0) is 14.0. The van der Waals surface area contributed by atoms with Crippen molar-refractivity contribution in [2.45, 2.75) is 32.6 Å². The number of hydrogen-bond acceptors (Lipinski definition) is 1. The van der Waals surface area contributed by atoms with E-state index in [1.807, 2.05) is 0 Å². The largest absolute Gasteiger partial charge is 0.136 e. The Kier molecular flexibility index (Phi) is 6.36. The number of hydrogen-bond donors (Lipinski definition) is 0. The fourth-order valence-electron chi connectivity index (χ4n) is 2.03. The van der Waals surface area contributed by atoms with Crippen molar-refractivity contribution < 1.29 is 0 Å². The molecule has 1 aliphatic carbocycles. The maximum atomic E-state index is 3.28. The number of benzene rings is 1. The molecule has 102 valence electrons. The number of rotatable bonds is 2. The number of aryl methyl sites for hydroxylation is 1. The quantitative estimate of drug-likeness (QED) is 0.564. The maximum Gasteiger partial charge on any atom is 0.0560 e. The number of allylic oxidation sites excluding steroid dienone is 2. The molecule has 0 amide bonds. The van der Waals surface area contributed by atoms with Gasteiger partial charge < -0.3 is 0 Å². The molecule has 0 aromatic heterocycles. The second-order valence-electron chi connectivity index (χ2n) is 4.94. The van der Waals surface area contributed by atoms with Gasteiger partial charge in [-0.05, 0) is 50.3 Å². The van der Waals surface area contributed by atoms with E-state index in [2.05, 4.69) is 60.9 Å². The Morgan fingerprint density at radius 3 is 2.45 bits per heavy atom. The van der Waals surface area contributed by atoms with Gasteiger partial charge in [0, 0.05) is 5.56 Å². The minimum absolute atomic E-state index is 0.849. The second-order valence-corrected chi connectivity index (χ2v) is 5.92. The highest BCUT2D eigenvalue weighted by molar-refractivity contribution is 7.99. The van der Waals surface area contributed by atoms with Crippen molar-refractivity contribution in [3.63, 3.8) is 0 Å². The van der Waals surface area contributed by atoms with Crippen LogP contribution in [0.4, 0.5) is 0 Å². The molecule has 1 heteroatoms. The molecule has 2 rings (SSSR count). The SMILES string of the molecule is Cc1ccc(C#CCSCC#CC2=CCCCC2)cc1. The summed E-state index contributed by atoms with van der Waals surface area (Å²) in [5.41, 5.74) is 3.70. The monoisotopic (exact) mass is 280 g/mol. The Balaban J connectivity index is 1.68. The predicted octanol–water partition coefficient (Wildman–Crippen LogP) is 4.58. The lowest BCUT2D eigenvalue weighted by atomic mass is 10.0. The van der Waals surface area contributed by atoms with Crippen LogP contribution < -0.4 is 0 Å². The maximum absolute atomic E-state index is 3.28. The van der Waals surface area contributed by atoms with Crippen LogP contribution in [0, 0.1) is 30.6 Å². The first-order chi connectivity index (χ1) is 9.84. The molecule has 0 heterocycles. The van der Waals surface area contributed by atoms with Crippen LogP contribution in [0.1, 0.15) is 36.8 Å². The Labute approximate surface area is 127 Å². The van der Waals surface area contributed by atoms with Gasteiger partial charge in [-0.2, -0.15) is 0 Å². The fraction of sp³-hybridized carbons (Fsp3) is 0.368. The van der Waals surface area contributed by atoms with E-state index in [1.54, 1.807) is 11.8 Å². The molecule has 0 nitrogen and oxygen atoms in total. The van der Waals surface area contributed by atoms with E-state index in [0.717, 1.165) is 17.1 Å². The highest BCUT2D eigenvalue weighted by Gasteiger charge is 1.98. The van der Waals surface area contributed by atoms with Crippen molar-refractivity contribution in [1.82, 2.24) is 0 Å². The summed E-state index contributed by atoms with van der Waals surface area (Å²) in [4.78, 5) is 0. The topological polar surface area (TPSA) is 0 Å². The summed E-state index contributed by atoms with van der Waals surface area (Å²) in [6.45, 7) is 2.09. The first-order valence-corrected chi connectivity index (χ1v) is 8.31. The first-order valence-electron chi connectivity index (χ1n) is 7.16. The van der Waals surface area contributed by atoms with Gasteiger partial charge in [0.2, 0.25) is 0 Å². The normalized spacial score (nSPS) is 13.6. The summed E-state index contributed by atoms with van der Waals surface area (Å²) >= 11 is 1.79. The van der Waals surface area contributed by atoms with Crippen LogP contribution >= 0.6 is 11.8 Å². The van der Waals surface area contributed by atoms with E-state index in [1.165, 1.54) is 36.8 Å². The van der Waals surface area contributed by atoms with Gasteiger partial charge >= 0.3 is 0 Å². The van der Waals surface area contributed by atoms with E-state index < -0.39 is 0 Å². The minimum Gasteiger partial charge on any atom is -0.136 e. The third-order valence-corrected chi connectivity index (χ3v) is 3.87. The summed E-state index contributed by atoms with van der Waals surface area (Å²) in [6.07, 6.45) is 7.30. The van der Waals surface area contributed by atoms with Gasteiger partial charge in [-0.15, -0.1) is 11.8 Å². The van der Waals surface area contributed by atoms with Crippen LogP contribution in [0.5, 0.6) is 0 Å². The average Bonchev–Trinajstić information content (AvgIpc) is 2.49. The molecule has 1 aliphatic rings. The van der Waals surface area contributed by atoms with Crippen molar-refractivity contribution in [3.05, 3.63) is 47.0 Å². The van der Waals surface area contributed by atoms with Gasteiger partial charge in [0.25, 0.3) is 0 Å². The molecule has 0 aliphatic heterocycles.